The maximum atomic E-state index is 12.7. The van der Waals surface area contributed by atoms with Crippen molar-refractivity contribution >= 4 is 5.91 Å². The number of carbonyl (C=O) groups is 1. The lowest BCUT2D eigenvalue weighted by atomic mass is 9.88. The van der Waals surface area contributed by atoms with Crippen molar-refractivity contribution in [3.05, 3.63) is 71.3 Å². The highest BCUT2D eigenvalue weighted by molar-refractivity contribution is 5.78. The average molecular weight is 350 g/mol. The molecule has 1 saturated heterocycles. The fraction of sp³-hybridized carbons (Fsp3) is 0.409. The van der Waals surface area contributed by atoms with E-state index in [1.165, 1.54) is 16.7 Å². The molecule has 2 heterocycles. The number of benzene rings is 2. The number of amides is 1. The number of hydrogen-bond acceptors (Lipinski definition) is 3. The van der Waals surface area contributed by atoms with E-state index in [0.29, 0.717) is 6.54 Å². The zero-order valence-corrected chi connectivity index (χ0v) is 15.1. The first kappa shape index (κ1) is 17.3. The predicted octanol–water partition coefficient (Wildman–Crippen LogP) is 2.93. The van der Waals surface area contributed by atoms with Gasteiger partial charge in [0.05, 0.1) is 12.6 Å². The van der Waals surface area contributed by atoms with E-state index in [9.17, 15) is 4.79 Å². The van der Waals surface area contributed by atoms with Crippen molar-refractivity contribution in [2.24, 2.45) is 0 Å². The summed E-state index contributed by atoms with van der Waals surface area (Å²) in [5.74, 6) is 0.122. The molecule has 4 rings (SSSR count). The van der Waals surface area contributed by atoms with Crippen LogP contribution in [0, 0.1) is 0 Å². The minimum Gasteiger partial charge on any atom is -0.381 e. The second-order valence-electron chi connectivity index (χ2n) is 7.19. The van der Waals surface area contributed by atoms with Crippen molar-refractivity contribution in [3.8, 4) is 0 Å². The van der Waals surface area contributed by atoms with Crippen LogP contribution in [0.4, 0.5) is 0 Å². The molecule has 26 heavy (non-hydrogen) atoms. The molecule has 2 aromatic carbocycles. The Bertz CT molecular complexity index is 741. The Balaban J connectivity index is 1.53. The number of nitrogens with one attached hydrogen (secondary N) is 1. The topological polar surface area (TPSA) is 41.6 Å². The van der Waals surface area contributed by atoms with Crippen LogP contribution in [-0.2, 0) is 16.0 Å². The third kappa shape index (κ3) is 3.81. The van der Waals surface area contributed by atoms with Gasteiger partial charge in [-0.2, -0.15) is 0 Å². The largest absolute Gasteiger partial charge is 0.381 e. The minimum atomic E-state index is 0.122. The summed E-state index contributed by atoms with van der Waals surface area (Å²) in [6.45, 7) is 2.83. The lowest BCUT2D eigenvalue weighted by Crippen LogP contribution is -2.46. The number of nitrogens with zero attached hydrogens (tertiary/aromatic N) is 1. The maximum Gasteiger partial charge on any atom is 0.234 e. The second kappa shape index (κ2) is 8.02. The Morgan fingerprint density at radius 2 is 1.77 bits per heavy atom. The van der Waals surface area contributed by atoms with Gasteiger partial charge in [0.15, 0.2) is 0 Å². The van der Waals surface area contributed by atoms with Crippen LogP contribution >= 0.6 is 0 Å². The zero-order chi connectivity index (χ0) is 17.8. The van der Waals surface area contributed by atoms with Crippen LogP contribution in [0.2, 0.25) is 0 Å². The molecule has 1 atom stereocenters. The monoisotopic (exact) mass is 350 g/mol. The number of hydrogen-bond donors (Lipinski definition) is 1. The van der Waals surface area contributed by atoms with Crippen LogP contribution < -0.4 is 5.32 Å². The van der Waals surface area contributed by atoms with E-state index in [2.05, 4.69) is 58.7 Å². The maximum absolute atomic E-state index is 12.7. The Hall–Kier alpha value is -2.17. The van der Waals surface area contributed by atoms with Gasteiger partial charge in [0.25, 0.3) is 0 Å². The van der Waals surface area contributed by atoms with Crippen molar-refractivity contribution in [1.82, 2.24) is 10.2 Å². The lowest BCUT2D eigenvalue weighted by Gasteiger charge is -2.37. The molecular formula is C22H26N2O2. The molecule has 0 saturated carbocycles. The summed E-state index contributed by atoms with van der Waals surface area (Å²) in [6.07, 6.45) is 2.82. The highest BCUT2D eigenvalue weighted by atomic mass is 16.5. The van der Waals surface area contributed by atoms with E-state index in [-0.39, 0.29) is 18.0 Å². The van der Waals surface area contributed by atoms with E-state index < -0.39 is 0 Å². The molecule has 136 valence electrons. The molecule has 4 heteroatoms. The summed E-state index contributed by atoms with van der Waals surface area (Å²) in [7, 11) is 0. The van der Waals surface area contributed by atoms with Crippen molar-refractivity contribution in [2.75, 3.05) is 26.3 Å². The first-order valence-corrected chi connectivity index (χ1v) is 9.55. The highest BCUT2D eigenvalue weighted by Crippen LogP contribution is 2.34. The highest BCUT2D eigenvalue weighted by Gasteiger charge is 2.30. The molecule has 2 aliphatic rings. The summed E-state index contributed by atoms with van der Waals surface area (Å²) in [6, 6.07) is 19.5. The zero-order valence-electron chi connectivity index (χ0n) is 15.1. The van der Waals surface area contributed by atoms with Crippen LogP contribution in [0.3, 0.4) is 0 Å². The summed E-state index contributed by atoms with van der Waals surface area (Å²) in [5.41, 5.74) is 3.96. The Kier molecular flexibility index (Phi) is 5.32. The van der Waals surface area contributed by atoms with E-state index in [1.54, 1.807) is 0 Å². The summed E-state index contributed by atoms with van der Waals surface area (Å²) in [4.78, 5) is 15.0. The molecule has 1 N–H and O–H groups in total. The standard InChI is InChI=1S/C22H26N2O2/c25-21(23-19-11-14-26-15-12-19)16-24-13-10-17-6-4-5-9-20(17)22(24)18-7-2-1-3-8-18/h1-9,19,22H,10-16H2,(H,23,25)/t22-/m0/s1. The third-order valence-electron chi connectivity index (χ3n) is 5.43. The van der Waals surface area contributed by atoms with E-state index in [0.717, 1.165) is 39.0 Å². The fourth-order valence-electron chi connectivity index (χ4n) is 4.11. The van der Waals surface area contributed by atoms with Crippen LogP contribution in [0.1, 0.15) is 35.6 Å². The van der Waals surface area contributed by atoms with Gasteiger partial charge in [-0.3, -0.25) is 9.69 Å². The van der Waals surface area contributed by atoms with Gasteiger partial charge in [-0.1, -0.05) is 54.6 Å². The van der Waals surface area contributed by atoms with Gasteiger partial charge in [0.2, 0.25) is 5.91 Å². The van der Waals surface area contributed by atoms with Crippen molar-refractivity contribution < 1.29 is 9.53 Å². The number of rotatable bonds is 4. The van der Waals surface area contributed by atoms with Crippen LogP contribution in [0.5, 0.6) is 0 Å². The van der Waals surface area contributed by atoms with Gasteiger partial charge in [-0.05, 0) is 36.0 Å². The molecule has 1 amide bonds. The van der Waals surface area contributed by atoms with Gasteiger partial charge >= 0.3 is 0 Å². The summed E-state index contributed by atoms with van der Waals surface area (Å²) in [5, 5.41) is 3.20. The molecule has 0 aromatic heterocycles. The molecule has 2 aromatic rings. The Morgan fingerprint density at radius 1 is 1.04 bits per heavy atom. The van der Waals surface area contributed by atoms with E-state index in [4.69, 9.17) is 4.74 Å². The molecule has 0 radical (unpaired) electrons. The lowest BCUT2D eigenvalue weighted by molar-refractivity contribution is -0.124. The predicted molar refractivity (Wildman–Crippen MR) is 102 cm³/mol. The van der Waals surface area contributed by atoms with Crippen molar-refractivity contribution in [2.45, 2.75) is 31.3 Å². The number of ether oxygens (including phenoxy) is 1. The molecule has 1 fully saturated rings. The summed E-state index contributed by atoms with van der Waals surface area (Å²) < 4.78 is 5.38. The van der Waals surface area contributed by atoms with Gasteiger partial charge in [-0.25, -0.2) is 0 Å². The molecule has 4 nitrogen and oxygen atoms in total. The van der Waals surface area contributed by atoms with Crippen molar-refractivity contribution in [1.29, 1.82) is 0 Å². The first-order valence-electron chi connectivity index (χ1n) is 9.55. The third-order valence-corrected chi connectivity index (χ3v) is 5.43. The smallest absolute Gasteiger partial charge is 0.234 e. The van der Waals surface area contributed by atoms with Gasteiger partial charge in [-0.15, -0.1) is 0 Å². The molecule has 0 unspecified atom stereocenters. The van der Waals surface area contributed by atoms with Crippen LogP contribution in [0.15, 0.2) is 54.6 Å². The number of fused-ring (bicyclic) bond motifs is 1. The van der Waals surface area contributed by atoms with Gasteiger partial charge in [0, 0.05) is 25.8 Å². The van der Waals surface area contributed by atoms with Crippen LogP contribution in [0.25, 0.3) is 0 Å². The quantitative estimate of drug-likeness (QED) is 0.922. The SMILES string of the molecule is O=C(CN1CCc2ccccc2[C@@H]1c1ccccc1)NC1CCOCC1. The van der Waals surface area contributed by atoms with Gasteiger partial charge in [0.1, 0.15) is 0 Å². The average Bonchev–Trinajstić information content (AvgIpc) is 2.69. The Morgan fingerprint density at radius 3 is 2.58 bits per heavy atom. The number of carbonyl (C=O) groups excluding carboxylic acids is 1. The van der Waals surface area contributed by atoms with E-state index in [1.807, 2.05) is 6.07 Å². The van der Waals surface area contributed by atoms with E-state index >= 15 is 0 Å². The Labute approximate surface area is 155 Å². The molecule has 0 aliphatic carbocycles. The molecule has 0 bridgehead atoms. The van der Waals surface area contributed by atoms with Crippen LogP contribution in [-0.4, -0.2) is 43.2 Å². The molecule has 0 spiro atoms. The van der Waals surface area contributed by atoms with Crippen molar-refractivity contribution in [3.63, 3.8) is 0 Å². The molecule has 2 aliphatic heterocycles. The first-order chi connectivity index (χ1) is 12.8. The normalized spacial score (nSPS) is 21.2. The van der Waals surface area contributed by atoms with Gasteiger partial charge < -0.3 is 10.1 Å². The molecular weight excluding hydrogens is 324 g/mol. The summed E-state index contributed by atoms with van der Waals surface area (Å²) >= 11 is 0. The fourth-order valence-corrected chi connectivity index (χ4v) is 4.11. The second-order valence-corrected chi connectivity index (χ2v) is 7.19. The minimum absolute atomic E-state index is 0.122.